The molecule has 0 aliphatic heterocycles. The molecule has 0 atom stereocenters. The van der Waals surface area contributed by atoms with E-state index < -0.39 is 22.6 Å². The monoisotopic (exact) mass is 414 g/mol. The third kappa shape index (κ3) is 5.28. The lowest BCUT2D eigenvalue weighted by Gasteiger charge is -2.08. The summed E-state index contributed by atoms with van der Waals surface area (Å²) in [5.74, 6) is -0.728. The van der Waals surface area contributed by atoms with Crippen LogP contribution in [-0.4, -0.2) is 17.1 Å². The van der Waals surface area contributed by atoms with Gasteiger partial charge in [0.05, 0.1) is 21.7 Å². The maximum absolute atomic E-state index is 12.6. The Hall–Kier alpha value is -4.01. The normalized spacial score (nSPS) is 11.4. The lowest BCUT2D eigenvalue weighted by Crippen LogP contribution is -2.09. The first-order valence-corrected chi connectivity index (χ1v) is 8.50. The zero-order chi connectivity index (χ0) is 21.7. The Labute approximate surface area is 168 Å². The molecular formula is C21H13F3N2O4. The van der Waals surface area contributed by atoms with Crippen LogP contribution in [0, 0.1) is 10.1 Å². The number of aliphatic imine (C=N–C) groups is 1. The fourth-order valence-electron chi connectivity index (χ4n) is 2.39. The summed E-state index contributed by atoms with van der Waals surface area (Å²) in [6, 6.07) is 15.7. The van der Waals surface area contributed by atoms with E-state index in [-0.39, 0.29) is 17.0 Å². The number of ether oxygens (including phenoxy) is 1. The molecular weight excluding hydrogens is 401 g/mol. The Morgan fingerprint density at radius 2 is 1.53 bits per heavy atom. The first kappa shape index (κ1) is 20.7. The van der Waals surface area contributed by atoms with E-state index in [2.05, 4.69) is 4.99 Å². The molecule has 6 nitrogen and oxygen atoms in total. The Bertz CT molecular complexity index is 1080. The van der Waals surface area contributed by atoms with Crippen molar-refractivity contribution in [2.45, 2.75) is 6.18 Å². The third-order valence-electron chi connectivity index (χ3n) is 3.96. The maximum Gasteiger partial charge on any atom is 0.416 e. The topological polar surface area (TPSA) is 81.8 Å². The average Bonchev–Trinajstić information content (AvgIpc) is 2.72. The molecule has 0 unspecified atom stereocenters. The van der Waals surface area contributed by atoms with E-state index in [0.717, 1.165) is 24.3 Å². The highest BCUT2D eigenvalue weighted by molar-refractivity contribution is 5.91. The number of carbonyl (C=O) groups excluding carboxylic acids is 1. The number of halogens is 3. The van der Waals surface area contributed by atoms with Gasteiger partial charge in [0.2, 0.25) is 0 Å². The summed E-state index contributed by atoms with van der Waals surface area (Å²) in [4.78, 5) is 26.5. The molecule has 30 heavy (non-hydrogen) atoms. The molecule has 152 valence electrons. The number of rotatable bonds is 5. The first-order valence-electron chi connectivity index (χ1n) is 8.50. The minimum atomic E-state index is -4.46. The smallest absolute Gasteiger partial charge is 0.416 e. The van der Waals surface area contributed by atoms with Crippen molar-refractivity contribution in [1.29, 1.82) is 0 Å². The van der Waals surface area contributed by atoms with Gasteiger partial charge in [0.1, 0.15) is 5.75 Å². The van der Waals surface area contributed by atoms with Crippen LogP contribution in [0.4, 0.5) is 24.5 Å². The van der Waals surface area contributed by atoms with Crippen molar-refractivity contribution < 1.29 is 27.6 Å². The minimum Gasteiger partial charge on any atom is -0.423 e. The van der Waals surface area contributed by atoms with Gasteiger partial charge < -0.3 is 4.74 Å². The van der Waals surface area contributed by atoms with Gasteiger partial charge >= 0.3 is 12.1 Å². The molecule has 0 spiro atoms. The van der Waals surface area contributed by atoms with E-state index in [1.807, 2.05) is 0 Å². The first-order chi connectivity index (χ1) is 14.2. The van der Waals surface area contributed by atoms with Crippen LogP contribution in [0.25, 0.3) is 0 Å². The van der Waals surface area contributed by atoms with Gasteiger partial charge in [0.25, 0.3) is 5.69 Å². The van der Waals surface area contributed by atoms with Crippen molar-refractivity contribution in [3.8, 4) is 5.75 Å². The molecule has 3 aromatic rings. The molecule has 0 aromatic heterocycles. The number of nitrogens with zero attached hydrogens (tertiary/aromatic N) is 2. The van der Waals surface area contributed by atoms with Crippen LogP contribution < -0.4 is 4.74 Å². The van der Waals surface area contributed by atoms with Crippen molar-refractivity contribution in [2.75, 3.05) is 0 Å². The van der Waals surface area contributed by atoms with Crippen LogP contribution in [0.3, 0.4) is 0 Å². The van der Waals surface area contributed by atoms with Crippen molar-refractivity contribution in [1.82, 2.24) is 0 Å². The number of benzene rings is 3. The molecule has 0 saturated carbocycles. The van der Waals surface area contributed by atoms with Crippen molar-refractivity contribution >= 4 is 23.6 Å². The predicted molar refractivity (Wildman–Crippen MR) is 103 cm³/mol. The van der Waals surface area contributed by atoms with Crippen molar-refractivity contribution in [3.63, 3.8) is 0 Å². The summed E-state index contributed by atoms with van der Waals surface area (Å²) in [5.41, 5.74) is 0.524. The SMILES string of the molecule is O=C(Oc1ccc(C(F)(F)F)cc1)c1ccc(N=Cc2ccc([N+](=O)[O-])cc2)cc1. The molecule has 0 aliphatic carbocycles. The van der Waals surface area contributed by atoms with Gasteiger partial charge in [-0.15, -0.1) is 0 Å². The number of hydrogen-bond donors (Lipinski definition) is 0. The zero-order valence-corrected chi connectivity index (χ0v) is 15.2. The van der Waals surface area contributed by atoms with Crippen LogP contribution >= 0.6 is 0 Å². The Morgan fingerprint density at radius 1 is 0.933 bits per heavy atom. The molecule has 0 saturated heterocycles. The molecule has 0 heterocycles. The van der Waals surface area contributed by atoms with Crippen LogP contribution in [0.1, 0.15) is 21.5 Å². The Balaban J connectivity index is 1.63. The molecule has 0 amide bonds. The van der Waals surface area contributed by atoms with E-state index >= 15 is 0 Å². The van der Waals surface area contributed by atoms with Crippen LogP contribution in [0.15, 0.2) is 77.8 Å². The maximum atomic E-state index is 12.6. The number of hydrogen-bond acceptors (Lipinski definition) is 5. The van der Waals surface area contributed by atoms with E-state index in [0.29, 0.717) is 11.3 Å². The quantitative estimate of drug-likeness (QED) is 0.179. The fraction of sp³-hybridized carbons (Fsp3) is 0.0476. The molecule has 3 rings (SSSR count). The average molecular weight is 414 g/mol. The second-order valence-corrected chi connectivity index (χ2v) is 6.07. The summed E-state index contributed by atoms with van der Waals surface area (Å²) in [6.45, 7) is 0. The van der Waals surface area contributed by atoms with Crippen molar-refractivity contribution in [3.05, 3.63) is 99.6 Å². The summed E-state index contributed by atoms with van der Waals surface area (Å²) in [7, 11) is 0. The van der Waals surface area contributed by atoms with Crippen LogP contribution in [0.5, 0.6) is 5.75 Å². The van der Waals surface area contributed by atoms with E-state index in [1.165, 1.54) is 30.5 Å². The standard InChI is InChI=1S/C21H13F3N2O4/c22-21(23,24)16-5-11-19(12-6-16)30-20(27)15-3-7-17(8-4-15)25-13-14-1-9-18(10-2-14)26(28)29/h1-13H. The summed E-state index contributed by atoms with van der Waals surface area (Å²) < 4.78 is 42.7. The number of nitro groups is 1. The van der Waals surface area contributed by atoms with Crippen LogP contribution in [-0.2, 0) is 6.18 Å². The van der Waals surface area contributed by atoms with Crippen molar-refractivity contribution in [2.24, 2.45) is 4.99 Å². The number of carbonyl (C=O) groups is 1. The van der Waals surface area contributed by atoms with Gasteiger partial charge in [-0.25, -0.2) is 4.79 Å². The van der Waals surface area contributed by atoms with E-state index in [4.69, 9.17) is 4.74 Å². The lowest BCUT2D eigenvalue weighted by atomic mass is 10.2. The van der Waals surface area contributed by atoms with E-state index in [9.17, 15) is 28.1 Å². The molecule has 0 fully saturated rings. The number of esters is 1. The largest absolute Gasteiger partial charge is 0.423 e. The third-order valence-corrected chi connectivity index (χ3v) is 3.96. The predicted octanol–water partition coefficient (Wildman–Crippen LogP) is 5.58. The Morgan fingerprint density at radius 3 is 2.07 bits per heavy atom. The molecule has 3 aromatic carbocycles. The summed E-state index contributed by atoms with van der Waals surface area (Å²) >= 11 is 0. The molecule has 9 heteroatoms. The molecule has 0 aliphatic rings. The Kier molecular flexibility index (Phi) is 5.91. The number of alkyl halides is 3. The van der Waals surface area contributed by atoms with Gasteiger partial charge in [-0.3, -0.25) is 15.1 Å². The summed E-state index contributed by atoms with van der Waals surface area (Å²) in [5, 5.41) is 10.6. The lowest BCUT2D eigenvalue weighted by molar-refractivity contribution is -0.384. The highest BCUT2D eigenvalue weighted by atomic mass is 19.4. The number of non-ortho nitro benzene ring substituents is 1. The second-order valence-electron chi connectivity index (χ2n) is 6.07. The fourth-order valence-corrected chi connectivity index (χ4v) is 2.39. The van der Waals surface area contributed by atoms with Gasteiger partial charge in [-0.2, -0.15) is 13.2 Å². The molecule has 0 radical (unpaired) electrons. The van der Waals surface area contributed by atoms with Crippen LogP contribution in [0.2, 0.25) is 0 Å². The minimum absolute atomic E-state index is 0.00623. The highest BCUT2D eigenvalue weighted by Crippen LogP contribution is 2.30. The second kappa shape index (κ2) is 8.56. The van der Waals surface area contributed by atoms with Gasteiger partial charge in [0, 0.05) is 18.3 Å². The molecule has 0 bridgehead atoms. The molecule has 0 N–H and O–H groups in total. The van der Waals surface area contributed by atoms with Gasteiger partial charge in [-0.1, -0.05) is 0 Å². The summed E-state index contributed by atoms with van der Waals surface area (Å²) in [6.07, 6.45) is -2.95. The van der Waals surface area contributed by atoms with Gasteiger partial charge in [0.15, 0.2) is 0 Å². The zero-order valence-electron chi connectivity index (χ0n) is 15.2. The highest BCUT2D eigenvalue weighted by Gasteiger charge is 2.30. The van der Waals surface area contributed by atoms with Gasteiger partial charge in [-0.05, 0) is 66.2 Å². The van der Waals surface area contributed by atoms with E-state index in [1.54, 1.807) is 24.3 Å². The number of nitro benzene ring substituents is 1.